The van der Waals surface area contributed by atoms with Gasteiger partial charge in [0, 0.05) is 19.9 Å². The normalized spacial score (nSPS) is 14.1. The van der Waals surface area contributed by atoms with Gasteiger partial charge in [0.1, 0.15) is 29.6 Å². The van der Waals surface area contributed by atoms with E-state index < -0.39 is 47.9 Å². The molecule has 0 aliphatic rings. The van der Waals surface area contributed by atoms with Crippen LogP contribution in [0, 0.1) is 5.92 Å². The smallest absolute Gasteiger partial charge is 0.326 e. The molecule has 0 fully saturated rings. The van der Waals surface area contributed by atoms with E-state index in [1.807, 2.05) is 13.8 Å². The minimum absolute atomic E-state index is 0.00273. The van der Waals surface area contributed by atoms with Crippen molar-refractivity contribution < 1.29 is 34.5 Å². The molecule has 2 aromatic carbocycles. The Labute approximate surface area is 228 Å². The molecule has 4 atom stereocenters. The highest BCUT2D eigenvalue weighted by molar-refractivity contribution is 5.94. The van der Waals surface area contributed by atoms with E-state index in [-0.39, 0.29) is 30.3 Å². The van der Waals surface area contributed by atoms with Crippen LogP contribution in [0.5, 0.6) is 11.5 Å². The monoisotopic (exact) mass is 542 g/mol. The van der Waals surface area contributed by atoms with Crippen LogP contribution < -0.4 is 16.4 Å². The standard InChI is InChI=1S/C28H38N4O7/c1-16(2)13-24(32(4)27(37)17(3)29)26(36)30-22(14-18-5-9-20(33)10-6-18)25(35)31-23(28(38)39)15-19-7-11-21(34)12-8-19/h5-12,16-17,22-24,33-34H,13-15,29H2,1-4H3,(H,30,36)(H,31,35)(H,38,39)/t17-,22-,23-,24-/m0/s1. The van der Waals surface area contributed by atoms with Gasteiger partial charge in [0.05, 0.1) is 6.04 Å². The van der Waals surface area contributed by atoms with Crippen LogP contribution in [0.2, 0.25) is 0 Å². The Balaban J connectivity index is 2.32. The third kappa shape index (κ3) is 9.60. The summed E-state index contributed by atoms with van der Waals surface area (Å²) in [7, 11) is 1.48. The number of phenols is 2. The van der Waals surface area contributed by atoms with Crippen LogP contribution in [0.4, 0.5) is 0 Å². The lowest BCUT2D eigenvalue weighted by molar-refractivity contribution is -0.143. The molecule has 0 bridgehead atoms. The zero-order chi connectivity index (χ0) is 29.3. The second kappa shape index (κ2) is 14.1. The van der Waals surface area contributed by atoms with Gasteiger partial charge in [-0.15, -0.1) is 0 Å². The number of benzene rings is 2. The first-order valence-electron chi connectivity index (χ1n) is 12.7. The Morgan fingerprint density at radius 1 is 0.795 bits per heavy atom. The highest BCUT2D eigenvalue weighted by Crippen LogP contribution is 2.16. The van der Waals surface area contributed by atoms with Crippen molar-refractivity contribution in [2.45, 2.75) is 64.2 Å². The van der Waals surface area contributed by atoms with E-state index in [1.54, 1.807) is 24.3 Å². The number of aliphatic carboxylic acids is 1. The molecule has 7 N–H and O–H groups in total. The number of carboxylic acid groups (broad SMARTS) is 1. The maximum Gasteiger partial charge on any atom is 0.326 e. The number of nitrogens with two attached hydrogens (primary N) is 1. The van der Waals surface area contributed by atoms with Crippen LogP contribution in [0.1, 0.15) is 38.3 Å². The van der Waals surface area contributed by atoms with Crippen LogP contribution in [0.3, 0.4) is 0 Å². The van der Waals surface area contributed by atoms with Gasteiger partial charge < -0.3 is 36.6 Å². The lowest BCUT2D eigenvalue weighted by Crippen LogP contribution is -2.58. The number of aromatic hydroxyl groups is 2. The van der Waals surface area contributed by atoms with E-state index in [9.17, 15) is 34.5 Å². The summed E-state index contributed by atoms with van der Waals surface area (Å²) < 4.78 is 0. The number of rotatable bonds is 13. The number of phenolic OH excluding ortho intramolecular Hbond substituents is 2. The van der Waals surface area contributed by atoms with Gasteiger partial charge in [-0.3, -0.25) is 14.4 Å². The molecule has 11 nitrogen and oxygen atoms in total. The fourth-order valence-electron chi connectivity index (χ4n) is 4.05. The SMILES string of the molecule is CC(C)C[C@@H](C(=O)N[C@@H](Cc1ccc(O)cc1)C(=O)N[C@@H](Cc1ccc(O)cc1)C(=O)O)N(C)C(=O)[C@H](C)N. The number of nitrogens with one attached hydrogen (secondary N) is 2. The van der Waals surface area contributed by atoms with Crippen LogP contribution in [-0.4, -0.2) is 75.1 Å². The average molecular weight is 543 g/mol. The number of hydrogen-bond acceptors (Lipinski definition) is 7. The molecule has 0 heterocycles. The topological polar surface area (TPSA) is 182 Å². The number of likely N-dealkylation sites (N-methyl/N-ethyl adjacent to an activating group) is 1. The van der Waals surface area contributed by atoms with Crippen LogP contribution in [-0.2, 0) is 32.0 Å². The summed E-state index contributed by atoms with van der Waals surface area (Å²) in [4.78, 5) is 52.6. The minimum atomic E-state index is -1.31. The summed E-state index contributed by atoms with van der Waals surface area (Å²) in [5, 5.41) is 34.1. The molecule has 0 unspecified atom stereocenters. The molecular formula is C28H38N4O7. The predicted molar refractivity (Wildman–Crippen MR) is 145 cm³/mol. The van der Waals surface area contributed by atoms with Gasteiger partial charge in [-0.05, 0) is 54.7 Å². The highest BCUT2D eigenvalue weighted by atomic mass is 16.4. The molecule has 0 aliphatic heterocycles. The van der Waals surface area contributed by atoms with Crippen LogP contribution >= 0.6 is 0 Å². The van der Waals surface area contributed by atoms with E-state index in [4.69, 9.17) is 5.73 Å². The van der Waals surface area contributed by atoms with Crippen LogP contribution in [0.25, 0.3) is 0 Å². The number of carbonyl (C=O) groups excluding carboxylic acids is 3. The zero-order valence-electron chi connectivity index (χ0n) is 22.6. The van der Waals surface area contributed by atoms with Gasteiger partial charge >= 0.3 is 5.97 Å². The number of hydrogen-bond donors (Lipinski definition) is 6. The number of amides is 3. The van der Waals surface area contributed by atoms with Crippen LogP contribution in [0.15, 0.2) is 48.5 Å². The van der Waals surface area contributed by atoms with E-state index in [1.165, 1.54) is 43.1 Å². The molecule has 212 valence electrons. The molecule has 3 amide bonds. The summed E-state index contributed by atoms with van der Waals surface area (Å²) in [6.45, 7) is 5.31. The number of nitrogens with zero attached hydrogens (tertiary/aromatic N) is 1. The van der Waals surface area contributed by atoms with Crippen molar-refractivity contribution in [1.29, 1.82) is 0 Å². The molecule has 0 saturated heterocycles. The lowest BCUT2D eigenvalue weighted by atomic mass is 9.99. The summed E-state index contributed by atoms with van der Waals surface area (Å²) in [5.74, 6) is -2.93. The van der Waals surface area contributed by atoms with Crippen molar-refractivity contribution in [3.8, 4) is 11.5 Å². The maximum absolute atomic E-state index is 13.4. The van der Waals surface area contributed by atoms with Crippen molar-refractivity contribution in [2.24, 2.45) is 11.7 Å². The first-order chi connectivity index (χ1) is 18.3. The van der Waals surface area contributed by atoms with E-state index in [0.29, 0.717) is 17.5 Å². The lowest BCUT2D eigenvalue weighted by Gasteiger charge is -2.31. The van der Waals surface area contributed by atoms with Gasteiger partial charge in [0.15, 0.2) is 0 Å². The summed E-state index contributed by atoms with van der Waals surface area (Å²) >= 11 is 0. The molecule has 0 aliphatic carbocycles. The van der Waals surface area contributed by atoms with E-state index in [0.717, 1.165) is 0 Å². The molecule has 0 saturated carbocycles. The first kappa shape index (κ1) is 31.1. The quantitative estimate of drug-likeness (QED) is 0.218. The van der Waals surface area contributed by atoms with Gasteiger partial charge in [-0.2, -0.15) is 0 Å². The van der Waals surface area contributed by atoms with Gasteiger partial charge in [0.2, 0.25) is 17.7 Å². The zero-order valence-corrected chi connectivity index (χ0v) is 22.6. The molecule has 0 spiro atoms. The molecule has 2 rings (SSSR count). The second-order valence-electron chi connectivity index (χ2n) is 10.1. The van der Waals surface area contributed by atoms with Gasteiger partial charge in [0.25, 0.3) is 0 Å². The molecular weight excluding hydrogens is 504 g/mol. The van der Waals surface area contributed by atoms with E-state index in [2.05, 4.69) is 10.6 Å². The highest BCUT2D eigenvalue weighted by Gasteiger charge is 2.33. The molecule has 0 radical (unpaired) electrons. The Bertz CT molecular complexity index is 1130. The Morgan fingerprint density at radius 2 is 1.23 bits per heavy atom. The van der Waals surface area contributed by atoms with Crippen molar-refractivity contribution >= 4 is 23.7 Å². The van der Waals surface area contributed by atoms with Crippen molar-refractivity contribution in [2.75, 3.05) is 7.05 Å². The predicted octanol–water partition coefficient (Wildman–Crippen LogP) is 1.16. The number of carbonyl (C=O) groups is 4. The fourth-order valence-corrected chi connectivity index (χ4v) is 4.05. The minimum Gasteiger partial charge on any atom is -0.508 e. The largest absolute Gasteiger partial charge is 0.508 e. The average Bonchev–Trinajstić information content (AvgIpc) is 2.87. The summed E-state index contributed by atoms with van der Waals surface area (Å²) in [6.07, 6.45) is 0.262. The number of carboxylic acids is 1. The Kier molecular flexibility index (Phi) is 11.3. The first-order valence-corrected chi connectivity index (χ1v) is 12.7. The summed E-state index contributed by atoms with van der Waals surface area (Å²) in [5.41, 5.74) is 6.93. The van der Waals surface area contributed by atoms with Crippen molar-refractivity contribution in [1.82, 2.24) is 15.5 Å². The van der Waals surface area contributed by atoms with Crippen molar-refractivity contribution in [3.05, 3.63) is 59.7 Å². The van der Waals surface area contributed by atoms with Gasteiger partial charge in [-0.25, -0.2) is 4.79 Å². The maximum atomic E-state index is 13.4. The van der Waals surface area contributed by atoms with Crippen molar-refractivity contribution in [3.63, 3.8) is 0 Å². The Hall–Kier alpha value is -4.12. The molecule has 0 aromatic heterocycles. The third-order valence-corrected chi connectivity index (χ3v) is 6.20. The summed E-state index contributed by atoms with van der Waals surface area (Å²) in [6, 6.07) is 7.75. The second-order valence-corrected chi connectivity index (χ2v) is 10.1. The molecule has 39 heavy (non-hydrogen) atoms. The van der Waals surface area contributed by atoms with Gasteiger partial charge in [-0.1, -0.05) is 38.1 Å². The molecule has 11 heteroatoms. The third-order valence-electron chi connectivity index (χ3n) is 6.20. The fraction of sp³-hybridized carbons (Fsp3) is 0.429. The molecule has 2 aromatic rings. The Morgan fingerprint density at radius 3 is 1.64 bits per heavy atom. The van der Waals surface area contributed by atoms with E-state index >= 15 is 0 Å².